The van der Waals surface area contributed by atoms with Crippen molar-refractivity contribution in [3.63, 3.8) is 0 Å². The van der Waals surface area contributed by atoms with Crippen LogP contribution in [0.15, 0.2) is 0 Å². The molecule has 3 fully saturated rings. The molecule has 2 heterocycles. The van der Waals surface area contributed by atoms with Gasteiger partial charge < -0.3 is 10.2 Å². The van der Waals surface area contributed by atoms with Crippen LogP contribution in [-0.4, -0.2) is 60.9 Å². The molecule has 2 atom stereocenters. The molecular weight excluding hydrogens is 242 g/mol. The predicted molar refractivity (Wildman–Crippen MR) is 71.4 cm³/mol. The highest BCUT2D eigenvalue weighted by Crippen LogP contribution is 2.63. The lowest BCUT2D eigenvalue weighted by Gasteiger charge is -2.28. The minimum Gasteiger partial charge on any atom is -0.314 e. The number of hydrogen-bond acceptors (Lipinski definition) is 4. The summed E-state index contributed by atoms with van der Waals surface area (Å²) in [6.07, 6.45) is 0.900. The van der Waals surface area contributed by atoms with Gasteiger partial charge in [0.2, 0.25) is 11.8 Å². The third-order valence-electron chi connectivity index (χ3n) is 4.96. The number of carbonyl (C=O) groups is 2. The van der Waals surface area contributed by atoms with Gasteiger partial charge in [0.15, 0.2) is 0 Å². The Bertz CT molecular complexity index is 377. The molecule has 5 nitrogen and oxygen atoms in total. The zero-order valence-corrected chi connectivity index (χ0v) is 11.8. The van der Waals surface area contributed by atoms with Gasteiger partial charge in [0.1, 0.15) is 0 Å². The molecule has 19 heavy (non-hydrogen) atoms. The van der Waals surface area contributed by atoms with Gasteiger partial charge in [0.05, 0.1) is 11.8 Å². The summed E-state index contributed by atoms with van der Waals surface area (Å²) in [5.41, 5.74) is -0.0802. The fourth-order valence-corrected chi connectivity index (χ4v) is 3.61. The fraction of sp³-hybridized carbons (Fsp3) is 0.857. The summed E-state index contributed by atoms with van der Waals surface area (Å²) in [5.74, 6) is 0.0824. The Morgan fingerprint density at radius 1 is 1.11 bits per heavy atom. The fourth-order valence-electron chi connectivity index (χ4n) is 3.61. The van der Waals surface area contributed by atoms with Gasteiger partial charge in [-0.25, -0.2) is 0 Å². The molecule has 0 bridgehead atoms. The maximum atomic E-state index is 12.1. The molecule has 0 spiro atoms. The van der Waals surface area contributed by atoms with Crippen LogP contribution in [0.25, 0.3) is 0 Å². The van der Waals surface area contributed by atoms with Gasteiger partial charge in [0, 0.05) is 32.7 Å². The van der Waals surface area contributed by atoms with E-state index in [1.165, 1.54) is 4.90 Å². The molecule has 3 rings (SSSR count). The molecule has 3 aliphatic rings. The maximum Gasteiger partial charge on any atom is 0.233 e. The van der Waals surface area contributed by atoms with Crippen LogP contribution in [0.3, 0.4) is 0 Å². The summed E-state index contributed by atoms with van der Waals surface area (Å²) in [6.45, 7) is 9.86. The average Bonchev–Trinajstić information content (AvgIpc) is 2.86. The van der Waals surface area contributed by atoms with Crippen molar-refractivity contribution in [3.8, 4) is 0 Å². The molecule has 106 valence electrons. The summed E-state index contributed by atoms with van der Waals surface area (Å²) in [7, 11) is 0. The Kier molecular flexibility index (Phi) is 3.14. The number of piperazine rings is 1. The first-order valence-corrected chi connectivity index (χ1v) is 7.32. The van der Waals surface area contributed by atoms with Gasteiger partial charge in [0.25, 0.3) is 0 Å². The second kappa shape index (κ2) is 4.56. The lowest BCUT2D eigenvalue weighted by Crippen LogP contribution is -2.45. The highest BCUT2D eigenvalue weighted by atomic mass is 16.2. The molecule has 2 saturated heterocycles. The minimum atomic E-state index is -0.0802. The number of imide groups is 1. The van der Waals surface area contributed by atoms with Gasteiger partial charge in [-0.1, -0.05) is 13.8 Å². The normalized spacial score (nSPS) is 33.7. The van der Waals surface area contributed by atoms with E-state index in [2.05, 4.69) is 10.2 Å². The topological polar surface area (TPSA) is 52.7 Å². The second-order valence-electron chi connectivity index (χ2n) is 6.55. The molecule has 0 radical (unpaired) electrons. The van der Waals surface area contributed by atoms with E-state index in [-0.39, 0.29) is 29.1 Å². The monoisotopic (exact) mass is 265 g/mol. The molecule has 2 unspecified atom stereocenters. The van der Waals surface area contributed by atoms with E-state index in [9.17, 15) is 9.59 Å². The SMILES string of the molecule is CC1(C)C2C(=O)N(CCCN3CCNCC3)C(=O)C21. The first kappa shape index (κ1) is 13.1. The van der Waals surface area contributed by atoms with Gasteiger partial charge in [-0.15, -0.1) is 0 Å². The molecule has 5 heteroatoms. The van der Waals surface area contributed by atoms with Gasteiger partial charge in [-0.3, -0.25) is 14.5 Å². The molecule has 0 aromatic carbocycles. The number of fused-ring (bicyclic) bond motifs is 1. The van der Waals surface area contributed by atoms with E-state index in [1.807, 2.05) is 13.8 Å². The van der Waals surface area contributed by atoms with Crippen molar-refractivity contribution in [2.24, 2.45) is 17.3 Å². The second-order valence-corrected chi connectivity index (χ2v) is 6.55. The van der Waals surface area contributed by atoms with Crippen LogP contribution in [0.2, 0.25) is 0 Å². The number of piperidine rings is 1. The number of rotatable bonds is 4. The van der Waals surface area contributed by atoms with E-state index in [0.717, 1.165) is 39.1 Å². The lowest BCUT2D eigenvalue weighted by molar-refractivity contribution is -0.143. The molecule has 0 aromatic rings. The smallest absolute Gasteiger partial charge is 0.233 e. The Morgan fingerprint density at radius 2 is 1.68 bits per heavy atom. The molecule has 1 aliphatic carbocycles. The van der Waals surface area contributed by atoms with E-state index < -0.39 is 0 Å². The summed E-state index contributed by atoms with van der Waals surface area (Å²) in [4.78, 5) is 28.2. The largest absolute Gasteiger partial charge is 0.314 e. The summed E-state index contributed by atoms with van der Waals surface area (Å²) in [6, 6.07) is 0. The van der Waals surface area contributed by atoms with Gasteiger partial charge in [-0.05, 0) is 18.4 Å². The van der Waals surface area contributed by atoms with Crippen molar-refractivity contribution in [3.05, 3.63) is 0 Å². The van der Waals surface area contributed by atoms with Gasteiger partial charge in [-0.2, -0.15) is 0 Å². The molecule has 0 aromatic heterocycles. The summed E-state index contributed by atoms with van der Waals surface area (Å²) in [5, 5.41) is 3.32. The minimum absolute atomic E-state index is 0.0285. The predicted octanol–water partition coefficient (Wildman–Crippen LogP) is -0.0773. The number of hydrogen-bond donors (Lipinski definition) is 1. The number of nitrogens with one attached hydrogen (secondary N) is 1. The quantitative estimate of drug-likeness (QED) is 0.723. The van der Waals surface area contributed by atoms with E-state index in [1.54, 1.807) is 0 Å². The van der Waals surface area contributed by atoms with Crippen LogP contribution in [-0.2, 0) is 9.59 Å². The first-order chi connectivity index (χ1) is 9.03. The molecular formula is C14H23N3O2. The standard InChI is InChI=1S/C14H23N3O2/c1-14(2)10-11(14)13(19)17(12(10)18)7-3-6-16-8-4-15-5-9-16/h10-11,15H,3-9H2,1-2H3. The Hall–Kier alpha value is -0.940. The molecule has 2 aliphatic heterocycles. The number of nitrogens with zero attached hydrogens (tertiary/aromatic N) is 2. The van der Waals surface area contributed by atoms with Crippen molar-refractivity contribution in [1.82, 2.24) is 15.1 Å². The zero-order chi connectivity index (χ0) is 13.6. The number of amides is 2. The molecule has 1 N–H and O–H groups in total. The third-order valence-corrected chi connectivity index (χ3v) is 4.96. The number of carbonyl (C=O) groups excluding carboxylic acids is 2. The van der Waals surface area contributed by atoms with E-state index >= 15 is 0 Å². The van der Waals surface area contributed by atoms with Crippen LogP contribution in [0.4, 0.5) is 0 Å². The molecule has 2 amide bonds. The van der Waals surface area contributed by atoms with Crippen LogP contribution in [0, 0.1) is 17.3 Å². The molecule has 1 saturated carbocycles. The van der Waals surface area contributed by atoms with Crippen molar-refractivity contribution in [2.75, 3.05) is 39.3 Å². The van der Waals surface area contributed by atoms with E-state index in [0.29, 0.717) is 6.54 Å². The Balaban J connectivity index is 1.47. The third kappa shape index (κ3) is 2.09. The highest BCUT2D eigenvalue weighted by molar-refractivity contribution is 6.10. The lowest BCUT2D eigenvalue weighted by atomic mass is 10.1. The summed E-state index contributed by atoms with van der Waals surface area (Å²) < 4.78 is 0. The first-order valence-electron chi connectivity index (χ1n) is 7.32. The van der Waals surface area contributed by atoms with Crippen LogP contribution >= 0.6 is 0 Å². The van der Waals surface area contributed by atoms with Crippen molar-refractivity contribution >= 4 is 11.8 Å². The summed E-state index contributed by atoms with van der Waals surface area (Å²) >= 11 is 0. The van der Waals surface area contributed by atoms with Crippen molar-refractivity contribution in [1.29, 1.82) is 0 Å². The number of likely N-dealkylation sites (tertiary alicyclic amines) is 1. The van der Waals surface area contributed by atoms with Crippen LogP contribution in [0.1, 0.15) is 20.3 Å². The van der Waals surface area contributed by atoms with Crippen LogP contribution in [0.5, 0.6) is 0 Å². The Morgan fingerprint density at radius 3 is 2.26 bits per heavy atom. The Labute approximate surface area is 114 Å². The zero-order valence-electron chi connectivity index (χ0n) is 11.8. The average molecular weight is 265 g/mol. The van der Waals surface area contributed by atoms with Crippen LogP contribution < -0.4 is 5.32 Å². The van der Waals surface area contributed by atoms with Crippen molar-refractivity contribution < 1.29 is 9.59 Å². The highest BCUT2D eigenvalue weighted by Gasteiger charge is 2.72. The maximum absolute atomic E-state index is 12.1. The van der Waals surface area contributed by atoms with Gasteiger partial charge >= 0.3 is 0 Å². The van der Waals surface area contributed by atoms with Crippen molar-refractivity contribution in [2.45, 2.75) is 20.3 Å². The van der Waals surface area contributed by atoms with E-state index in [4.69, 9.17) is 0 Å².